The van der Waals surface area contributed by atoms with E-state index in [1.807, 2.05) is 0 Å². The molecule has 1 saturated carbocycles. The summed E-state index contributed by atoms with van der Waals surface area (Å²) in [6.45, 7) is 2.32. The summed E-state index contributed by atoms with van der Waals surface area (Å²) >= 11 is 0. The maximum Gasteiger partial charge on any atom is 0.0229 e. The first-order chi connectivity index (χ1) is 5.75. The molecule has 0 spiro atoms. The van der Waals surface area contributed by atoms with Crippen LogP contribution in [0.1, 0.15) is 39.0 Å². The summed E-state index contributed by atoms with van der Waals surface area (Å²) in [4.78, 5) is 0. The molecule has 1 fully saturated rings. The Bertz CT molecular complexity index is 191. The molecule has 2 atom stereocenters. The van der Waals surface area contributed by atoms with Crippen LogP contribution >= 0.6 is 0 Å². The second kappa shape index (κ2) is 3.21. The highest BCUT2D eigenvalue weighted by Crippen LogP contribution is 2.38. The largest absolute Gasteiger partial charge is 0.324 e. The summed E-state index contributed by atoms with van der Waals surface area (Å²) in [6, 6.07) is 0.351. The van der Waals surface area contributed by atoms with Crippen LogP contribution in [0.25, 0.3) is 0 Å². The topological polar surface area (TPSA) is 26.0 Å². The van der Waals surface area contributed by atoms with Crippen molar-refractivity contribution in [3.05, 3.63) is 11.6 Å². The van der Waals surface area contributed by atoms with Gasteiger partial charge < -0.3 is 5.73 Å². The molecule has 1 heteroatoms. The van der Waals surface area contributed by atoms with Crippen LogP contribution in [0.4, 0.5) is 0 Å². The van der Waals surface area contributed by atoms with E-state index in [0.29, 0.717) is 6.04 Å². The number of nitrogens with two attached hydrogens (primary N) is 1. The molecule has 0 aliphatic heterocycles. The first-order valence-electron chi connectivity index (χ1n) is 5.22. The van der Waals surface area contributed by atoms with Crippen molar-refractivity contribution in [3.8, 4) is 0 Å². The summed E-state index contributed by atoms with van der Waals surface area (Å²) < 4.78 is 0. The molecule has 2 rings (SSSR count). The second-order valence-corrected chi connectivity index (χ2v) is 4.58. The molecule has 0 heterocycles. The fourth-order valence-corrected chi connectivity index (χ4v) is 2.44. The van der Waals surface area contributed by atoms with E-state index in [0.717, 1.165) is 11.8 Å². The zero-order valence-electron chi connectivity index (χ0n) is 7.92. The lowest BCUT2D eigenvalue weighted by molar-refractivity contribution is 0.329. The Morgan fingerprint density at radius 3 is 2.67 bits per heavy atom. The van der Waals surface area contributed by atoms with Gasteiger partial charge in [0.1, 0.15) is 0 Å². The van der Waals surface area contributed by atoms with Gasteiger partial charge in [-0.3, -0.25) is 0 Å². The van der Waals surface area contributed by atoms with E-state index in [4.69, 9.17) is 5.73 Å². The van der Waals surface area contributed by atoms with Crippen LogP contribution in [0.15, 0.2) is 11.6 Å². The molecule has 1 nitrogen and oxygen atoms in total. The van der Waals surface area contributed by atoms with E-state index < -0.39 is 0 Å². The summed E-state index contributed by atoms with van der Waals surface area (Å²) in [5.41, 5.74) is 7.63. The third-order valence-corrected chi connectivity index (χ3v) is 3.32. The lowest BCUT2D eigenvalue weighted by atomic mass is 9.73. The molecule has 0 aromatic heterocycles. The van der Waals surface area contributed by atoms with Crippen molar-refractivity contribution < 1.29 is 0 Å². The van der Waals surface area contributed by atoms with Gasteiger partial charge in [0.05, 0.1) is 0 Å². The smallest absolute Gasteiger partial charge is 0.0229 e. The van der Waals surface area contributed by atoms with Crippen LogP contribution < -0.4 is 5.73 Å². The Labute approximate surface area is 75.0 Å². The zero-order chi connectivity index (χ0) is 8.55. The number of hydrogen-bond donors (Lipinski definition) is 1. The van der Waals surface area contributed by atoms with E-state index in [9.17, 15) is 0 Å². The van der Waals surface area contributed by atoms with Crippen LogP contribution in [0.2, 0.25) is 0 Å². The molecule has 0 aromatic carbocycles. The molecule has 0 aromatic rings. The SMILES string of the molecule is CC1CC(C2CCC2)=CC(N)C1. The van der Waals surface area contributed by atoms with Gasteiger partial charge in [0.2, 0.25) is 0 Å². The quantitative estimate of drug-likeness (QED) is 0.593. The van der Waals surface area contributed by atoms with Gasteiger partial charge in [-0.15, -0.1) is 0 Å². The Morgan fingerprint density at radius 1 is 1.42 bits per heavy atom. The Kier molecular flexibility index (Phi) is 2.22. The first kappa shape index (κ1) is 8.31. The molecule has 0 amide bonds. The van der Waals surface area contributed by atoms with Gasteiger partial charge in [-0.1, -0.05) is 25.0 Å². The molecule has 12 heavy (non-hydrogen) atoms. The second-order valence-electron chi connectivity index (χ2n) is 4.58. The lowest BCUT2D eigenvalue weighted by Gasteiger charge is -2.34. The Morgan fingerprint density at radius 2 is 2.17 bits per heavy atom. The van der Waals surface area contributed by atoms with Crippen LogP contribution in [-0.2, 0) is 0 Å². The fraction of sp³-hybridized carbons (Fsp3) is 0.818. The van der Waals surface area contributed by atoms with Gasteiger partial charge in [-0.05, 0) is 37.5 Å². The standard InChI is InChI=1S/C11H19N/c1-8-5-10(7-11(12)6-8)9-3-2-4-9/h7-9,11H,2-6,12H2,1H3. The normalized spacial score (nSPS) is 37.3. The summed E-state index contributed by atoms with van der Waals surface area (Å²) in [5, 5.41) is 0. The summed E-state index contributed by atoms with van der Waals surface area (Å²) in [5.74, 6) is 1.74. The average molecular weight is 165 g/mol. The highest BCUT2D eigenvalue weighted by Gasteiger charge is 2.26. The molecular weight excluding hydrogens is 146 g/mol. The molecule has 0 saturated heterocycles. The van der Waals surface area contributed by atoms with Crippen LogP contribution in [0.3, 0.4) is 0 Å². The van der Waals surface area contributed by atoms with Crippen molar-refractivity contribution in [1.82, 2.24) is 0 Å². The van der Waals surface area contributed by atoms with Gasteiger partial charge in [-0.2, -0.15) is 0 Å². The van der Waals surface area contributed by atoms with Crippen molar-refractivity contribution in [1.29, 1.82) is 0 Å². The van der Waals surface area contributed by atoms with E-state index >= 15 is 0 Å². The summed E-state index contributed by atoms with van der Waals surface area (Å²) in [7, 11) is 0. The maximum absolute atomic E-state index is 5.96. The molecular formula is C11H19N. The minimum absolute atomic E-state index is 0.351. The Balaban J connectivity index is 2.02. The van der Waals surface area contributed by atoms with Crippen LogP contribution in [0.5, 0.6) is 0 Å². The van der Waals surface area contributed by atoms with E-state index in [2.05, 4.69) is 13.0 Å². The predicted molar refractivity (Wildman–Crippen MR) is 51.8 cm³/mol. The van der Waals surface area contributed by atoms with E-state index in [1.54, 1.807) is 5.57 Å². The Hall–Kier alpha value is -0.300. The molecule has 2 aliphatic carbocycles. The highest BCUT2D eigenvalue weighted by atomic mass is 14.6. The van der Waals surface area contributed by atoms with Crippen molar-refractivity contribution in [2.45, 2.75) is 45.1 Å². The van der Waals surface area contributed by atoms with Gasteiger partial charge in [0.25, 0.3) is 0 Å². The van der Waals surface area contributed by atoms with Crippen molar-refractivity contribution in [3.63, 3.8) is 0 Å². The van der Waals surface area contributed by atoms with Crippen molar-refractivity contribution in [2.24, 2.45) is 17.6 Å². The van der Waals surface area contributed by atoms with Gasteiger partial charge >= 0.3 is 0 Å². The molecule has 68 valence electrons. The molecule has 2 N–H and O–H groups in total. The summed E-state index contributed by atoms with van der Waals surface area (Å²) in [6.07, 6.45) is 9.13. The van der Waals surface area contributed by atoms with Gasteiger partial charge in [0, 0.05) is 6.04 Å². The highest BCUT2D eigenvalue weighted by molar-refractivity contribution is 5.16. The fourth-order valence-electron chi connectivity index (χ4n) is 2.44. The lowest BCUT2D eigenvalue weighted by Crippen LogP contribution is -2.28. The van der Waals surface area contributed by atoms with Gasteiger partial charge in [-0.25, -0.2) is 0 Å². The molecule has 0 radical (unpaired) electrons. The van der Waals surface area contributed by atoms with E-state index in [-0.39, 0.29) is 0 Å². The molecule has 2 aliphatic rings. The first-order valence-corrected chi connectivity index (χ1v) is 5.22. The third-order valence-electron chi connectivity index (χ3n) is 3.32. The predicted octanol–water partition coefficient (Wildman–Crippen LogP) is 2.47. The minimum Gasteiger partial charge on any atom is -0.324 e. The van der Waals surface area contributed by atoms with Crippen LogP contribution in [-0.4, -0.2) is 6.04 Å². The third kappa shape index (κ3) is 1.56. The number of allylic oxidation sites excluding steroid dienone is 1. The number of hydrogen-bond acceptors (Lipinski definition) is 1. The average Bonchev–Trinajstić information content (AvgIpc) is 1.79. The molecule has 0 bridgehead atoms. The van der Waals surface area contributed by atoms with Crippen LogP contribution in [0, 0.1) is 11.8 Å². The van der Waals surface area contributed by atoms with E-state index in [1.165, 1.54) is 32.1 Å². The number of rotatable bonds is 1. The monoisotopic (exact) mass is 165 g/mol. The van der Waals surface area contributed by atoms with Gasteiger partial charge in [0.15, 0.2) is 0 Å². The minimum atomic E-state index is 0.351. The van der Waals surface area contributed by atoms with Crippen molar-refractivity contribution in [2.75, 3.05) is 0 Å². The molecule has 2 unspecified atom stereocenters. The van der Waals surface area contributed by atoms with Crippen molar-refractivity contribution >= 4 is 0 Å². The maximum atomic E-state index is 5.96. The zero-order valence-corrected chi connectivity index (χ0v) is 7.92.